The Morgan fingerprint density at radius 3 is 2.94 bits per heavy atom. The van der Waals surface area contributed by atoms with Gasteiger partial charge in [-0.15, -0.1) is 0 Å². The Balaban J connectivity index is 1.37. The number of aromatic amines is 1. The van der Waals surface area contributed by atoms with Gasteiger partial charge in [0.25, 0.3) is 6.01 Å². The summed E-state index contributed by atoms with van der Waals surface area (Å²) in [5.74, 6) is -0.0288. The maximum absolute atomic E-state index is 14.6. The Labute approximate surface area is 182 Å². The first-order valence-electron chi connectivity index (χ1n) is 10.1. The van der Waals surface area contributed by atoms with Crippen LogP contribution in [-0.2, 0) is 14.2 Å². The number of aromatic nitrogens is 3. The van der Waals surface area contributed by atoms with Crippen LogP contribution < -0.4 is 9.47 Å². The quantitative estimate of drug-likeness (QED) is 0.635. The van der Waals surface area contributed by atoms with Crippen LogP contribution in [-0.4, -0.2) is 59.9 Å². The monoisotopic (exact) mass is 449 g/mol. The van der Waals surface area contributed by atoms with E-state index in [-0.39, 0.29) is 30.7 Å². The molecule has 1 N–H and O–H groups in total. The maximum Gasteiger partial charge on any atom is 0.296 e. The lowest BCUT2D eigenvalue weighted by atomic mass is 10.0. The molecule has 2 aromatic heterocycles. The minimum atomic E-state index is -0.475. The molecular weight excluding hydrogens is 429 g/mol. The lowest BCUT2D eigenvalue weighted by Crippen LogP contribution is -2.49. The fourth-order valence-electron chi connectivity index (χ4n) is 3.77. The van der Waals surface area contributed by atoms with Gasteiger partial charge in [0, 0.05) is 18.1 Å². The Morgan fingerprint density at radius 2 is 2.10 bits per heavy atom. The summed E-state index contributed by atoms with van der Waals surface area (Å²) in [6, 6.07) is 6.53. The molecule has 0 bridgehead atoms. The second-order valence-electron chi connectivity index (χ2n) is 7.35. The molecule has 3 aromatic rings. The first-order chi connectivity index (χ1) is 15.1. The first-order valence-corrected chi connectivity index (χ1v) is 10.4. The molecule has 4 heterocycles. The number of nitrogens with one attached hydrogen (secondary N) is 1. The third-order valence-corrected chi connectivity index (χ3v) is 5.53. The zero-order valence-corrected chi connectivity index (χ0v) is 17.5. The normalized spacial score (nSPS) is 23.5. The Bertz CT molecular complexity index is 1090. The van der Waals surface area contributed by atoms with Crippen molar-refractivity contribution in [2.45, 2.75) is 31.7 Å². The van der Waals surface area contributed by atoms with Crippen molar-refractivity contribution in [2.24, 2.45) is 0 Å². The number of H-pyrrole nitrogens is 1. The molecule has 2 aliphatic rings. The minimum Gasteiger partial charge on any atom is -0.494 e. The van der Waals surface area contributed by atoms with E-state index in [1.165, 1.54) is 6.07 Å². The fraction of sp³-hybridized carbons (Fsp3) is 0.429. The largest absolute Gasteiger partial charge is 0.494 e. The molecule has 8 nitrogen and oxygen atoms in total. The van der Waals surface area contributed by atoms with Crippen LogP contribution in [0.5, 0.6) is 11.8 Å². The molecule has 5 rings (SSSR count). The van der Waals surface area contributed by atoms with Gasteiger partial charge in [-0.3, -0.25) is 0 Å². The summed E-state index contributed by atoms with van der Waals surface area (Å²) in [5, 5.41) is 0.296. The summed E-state index contributed by atoms with van der Waals surface area (Å²) >= 11 is 6.39. The Kier molecular flexibility index (Phi) is 5.66. The molecule has 10 heteroatoms. The number of hydrogen-bond acceptors (Lipinski definition) is 7. The fourth-order valence-corrected chi connectivity index (χ4v) is 4.03. The summed E-state index contributed by atoms with van der Waals surface area (Å²) in [5.41, 5.74) is 1.53. The zero-order chi connectivity index (χ0) is 21.4. The number of ether oxygens (including phenoxy) is 5. The van der Waals surface area contributed by atoms with E-state index in [1.54, 1.807) is 18.2 Å². The molecule has 0 amide bonds. The van der Waals surface area contributed by atoms with E-state index >= 15 is 0 Å². The van der Waals surface area contributed by atoms with Crippen molar-refractivity contribution in [2.75, 3.05) is 26.6 Å². The molecule has 3 atom stereocenters. The third kappa shape index (κ3) is 4.18. The van der Waals surface area contributed by atoms with Crippen LogP contribution in [0.4, 0.5) is 4.39 Å². The van der Waals surface area contributed by atoms with E-state index in [1.807, 2.05) is 6.92 Å². The van der Waals surface area contributed by atoms with Crippen molar-refractivity contribution in [3.05, 3.63) is 35.1 Å². The van der Waals surface area contributed by atoms with E-state index in [0.29, 0.717) is 59.9 Å². The van der Waals surface area contributed by atoms with Crippen molar-refractivity contribution >= 4 is 22.8 Å². The second-order valence-corrected chi connectivity index (χ2v) is 7.75. The molecule has 2 saturated heterocycles. The van der Waals surface area contributed by atoms with Crippen LogP contribution in [0.15, 0.2) is 24.3 Å². The number of imidazole rings is 1. The highest BCUT2D eigenvalue weighted by Gasteiger charge is 2.36. The lowest BCUT2D eigenvalue weighted by Gasteiger charge is -2.38. The zero-order valence-electron chi connectivity index (χ0n) is 16.8. The summed E-state index contributed by atoms with van der Waals surface area (Å²) < 4.78 is 42.5. The van der Waals surface area contributed by atoms with Gasteiger partial charge in [0.1, 0.15) is 30.6 Å². The molecular formula is C21H21ClFN3O5. The van der Waals surface area contributed by atoms with Crippen molar-refractivity contribution in [3.8, 4) is 23.0 Å². The highest BCUT2D eigenvalue weighted by Crippen LogP contribution is 2.33. The Hall–Kier alpha value is -2.46. The van der Waals surface area contributed by atoms with Crippen LogP contribution in [0.3, 0.4) is 0 Å². The summed E-state index contributed by atoms with van der Waals surface area (Å²) in [6.07, 6.45) is 0.301. The van der Waals surface area contributed by atoms with Gasteiger partial charge < -0.3 is 28.7 Å². The van der Waals surface area contributed by atoms with Gasteiger partial charge in [-0.05, 0) is 25.1 Å². The second kappa shape index (κ2) is 8.58. The van der Waals surface area contributed by atoms with E-state index in [9.17, 15) is 4.39 Å². The van der Waals surface area contributed by atoms with Gasteiger partial charge in [-0.2, -0.15) is 4.98 Å². The SMILES string of the molecule is CCOc1ccc(-c2nc3nc(O[C@H]4CO[C@@H]5COCO[C@H]5C4)[nH]c3cc2Cl)c(F)c1. The number of hydrogen-bond donors (Lipinski definition) is 1. The number of benzene rings is 1. The molecule has 0 radical (unpaired) electrons. The van der Waals surface area contributed by atoms with Crippen LogP contribution in [0, 0.1) is 5.82 Å². The van der Waals surface area contributed by atoms with Crippen LogP contribution >= 0.6 is 11.6 Å². The summed E-state index contributed by atoms with van der Waals surface area (Å²) in [6.45, 7) is 3.48. The molecule has 2 fully saturated rings. The molecule has 164 valence electrons. The van der Waals surface area contributed by atoms with Crippen LogP contribution in [0.1, 0.15) is 13.3 Å². The molecule has 0 aliphatic carbocycles. The van der Waals surface area contributed by atoms with Crippen molar-refractivity contribution in [3.63, 3.8) is 0 Å². The Morgan fingerprint density at radius 1 is 1.19 bits per heavy atom. The molecule has 0 saturated carbocycles. The van der Waals surface area contributed by atoms with Gasteiger partial charge in [0.15, 0.2) is 5.65 Å². The predicted molar refractivity (Wildman–Crippen MR) is 110 cm³/mol. The number of nitrogens with zero attached hydrogens (tertiary/aromatic N) is 2. The average Bonchev–Trinajstić information content (AvgIpc) is 3.14. The number of rotatable bonds is 5. The van der Waals surface area contributed by atoms with Crippen molar-refractivity contribution < 1.29 is 28.1 Å². The van der Waals surface area contributed by atoms with Crippen molar-refractivity contribution in [1.82, 2.24) is 15.0 Å². The molecule has 0 unspecified atom stereocenters. The van der Waals surface area contributed by atoms with Gasteiger partial charge in [0.05, 0.1) is 42.2 Å². The van der Waals surface area contributed by atoms with E-state index in [0.717, 1.165) is 0 Å². The summed E-state index contributed by atoms with van der Waals surface area (Å²) in [7, 11) is 0. The number of pyridine rings is 1. The van der Waals surface area contributed by atoms with Gasteiger partial charge in [-0.25, -0.2) is 9.37 Å². The molecule has 31 heavy (non-hydrogen) atoms. The average molecular weight is 450 g/mol. The van der Waals surface area contributed by atoms with E-state index in [4.69, 9.17) is 35.3 Å². The predicted octanol–water partition coefficient (Wildman–Crippen LogP) is 3.73. The lowest BCUT2D eigenvalue weighted by molar-refractivity contribution is -0.238. The first kappa shape index (κ1) is 20.4. The van der Waals surface area contributed by atoms with Gasteiger partial charge >= 0.3 is 0 Å². The highest BCUT2D eigenvalue weighted by atomic mass is 35.5. The van der Waals surface area contributed by atoms with Gasteiger partial charge in [0.2, 0.25) is 0 Å². The van der Waals surface area contributed by atoms with E-state index < -0.39 is 5.82 Å². The number of fused-ring (bicyclic) bond motifs is 2. The maximum atomic E-state index is 14.6. The van der Waals surface area contributed by atoms with Crippen LogP contribution in [0.2, 0.25) is 5.02 Å². The third-order valence-electron chi connectivity index (χ3n) is 5.24. The minimum absolute atomic E-state index is 0.0707. The topological polar surface area (TPSA) is 87.7 Å². The molecule has 0 spiro atoms. The van der Waals surface area contributed by atoms with E-state index in [2.05, 4.69) is 15.0 Å². The number of halogens is 2. The molecule has 2 aliphatic heterocycles. The standard InChI is InChI=1S/C21H21ClFN3O5/c1-2-28-11-3-4-13(15(23)5-11)19-14(22)7-16-20(25-19)26-21(24-16)31-12-6-17-18(29-8-12)9-27-10-30-17/h3-5,7,12,17-18H,2,6,8-10H2,1H3,(H,24,25,26)/t12-,17+,18-/m1/s1. The van der Waals surface area contributed by atoms with Gasteiger partial charge in [-0.1, -0.05) is 11.6 Å². The highest BCUT2D eigenvalue weighted by molar-refractivity contribution is 6.33. The van der Waals surface area contributed by atoms with Crippen molar-refractivity contribution in [1.29, 1.82) is 0 Å². The smallest absolute Gasteiger partial charge is 0.296 e. The molecule has 1 aromatic carbocycles. The van der Waals surface area contributed by atoms with Crippen LogP contribution in [0.25, 0.3) is 22.4 Å². The summed E-state index contributed by atoms with van der Waals surface area (Å²) in [4.78, 5) is 11.9.